The molecule has 1 atom stereocenters. The van der Waals surface area contributed by atoms with Gasteiger partial charge in [0.15, 0.2) is 0 Å². The second-order valence-corrected chi connectivity index (χ2v) is 7.41. The monoisotopic (exact) mass is 331 g/mol. The van der Waals surface area contributed by atoms with Crippen molar-refractivity contribution >= 4 is 11.9 Å². The Morgan fingerprint density at radius 2 is 2.00 bits per heavy atom. The highest BCUT2D eigenvalue weighted by molar-refractivity contribution is 5.87. The number of rotatable bonds is 3. The number of hydrogen-bond donors (Lipinski definition) is 2. The average Bonchev–Trinajstić information content (AvgIpc) is 3.22. The van der Waals surface area contributed by atoms with Crippen molar-refractivity contribution in [2.24, 2.45) is 5.92 Å². The Hall–Kier alpha value is -1.85. The molecule has 2 aliphatic carbocycles. The minimum absolute atomic E-state index is 0.0619. The Labute approximate surface area is 141 Å². The predicted molar refractivity (Wildman–Crippen MR) is 87.1 cm³/mol. The van der Waals surface area contributed by atoms with Crippen LogP contribution in [0.1, 0.15) is 68.3 Å². The van der Waals surface area contributed by atoms with Gasteiger partial charge in [-0.15, -0.1) is 0 Å². The van der Waals surface area contributed by atoms with Crippen LogP contribution >= 0.6 is 0 Å². The van der Waals surface area contributed by atoms with Gasteiger partial charge in [0.1, 0.15) is 5.60 Å². The molecule has 1 aliphatic heterocycles. The van der Waals surface area contributed by atoms with Crippen molar-refractivity contribution in [3.8, 4) is 0 Å². The minimum atomic E-state index is -0.538. The van der Waals surface area contributed by atoms with E-state index >= 15 is 0 Å². The molecule has 3 aliphatic rings. The van der Waals surface area contributed by atoms with Gasteiger partial charge >= 0.3 is 5.97 Å². The van der Waals surface area contributed by atoms with E-state index in [0.717, 1.165) is 44.2 Å². The highest BCUT2D eigenvalue weighted by Gasteiger charge is 2.53. The summed E-state index contributed by atoms with van der Waals surface area (Å²) in [5.41, 5.74) is 2.92. The minimum Gasteiger partial charge on any atom is -0.458 e. The molecule has 2 N–H and O–H groups in total. The molecule has 1 aromatic rings. The lowest BCUT2D eigenvalue weighted by Crippen LogP contribution is -2.42. The molecule has 24 heavy (non-hydrogen) atoms. The number of carbonyl (C=O) groups excluding carboxylic acids is 2. The molecular formula is C18H25N3O3. The average molecular weight is 331 g/mol. The Morgan fingerprint density at radius 1 is 1.21 bits per heavy atom. The van der Waals surface area contributed by atoms with Crippen molar-refractivity contribution in [2.75, 3.05) is 0 Å². The van der Waals surface area contributed by atoms with E-state index < -0.39 is 5.60 Å². The largest absolute Gasteiger partial charge is 0.458 e. The normalized spacial score (nSPS) is 25.3. The molecule has 2 heterocycles. The van der Waals surface area contributed by atoms with E-state index in [1.54, 1.807) is 0 Å². The molecule has 0 radical (unpaired) electrons. The predicted octanol–water partition coefficient (Wildman–Crippen LogP) is 2.17. The van der Waals surface area contributed by atoms with Crippen LogP contribution in [0.5, 0.6) is 0 Å². The number of nitrogens with zero attached hydrogens (tertiary/aromatic N) is 1. The second-order valence-electron chi connectivity index (χ2n) is 7.41. The van der Waals surface area contributed by atoms with Gasteiger partial charge in [0.05, 0.1) is 24.6 Å². The topological polar surface area (TPSA) is 84.1 Å². The third kappa shape index (κ3) is 2.72. The Bertz CT molecular complexity index is 646. The summed E-state index contributed by atoms with van der Waals surface area (Å²) in [7, 11) is 0. The number of esters is 1. The van der Waals surface area contributed by atoms with E-state index in [-0.39, 0.29) is 24.2 Å². The number of aryl methyl sites for hydroxylation is 1. The van der Waals surface area contributed by atoms with E-state index in [1.165, 1.54) is 30.5 Å². The summed E-state index contributed by atoms with van der Waals surface area (Å²) in [6.07, 6.45) is 9.61. The quantitative estimate of drug-likeness (QED) is 0.657. The first-order valence-corrected chi connectivity index (χ1v) is 9.22. The summed E-state index contributed by atoms with van der Waals surface area (Å²) in [5.74, 6) is -0.635. The van der Waals surface area contributed by atoms with Crippen molar-refractivity contribution in [3.05, 3.63) is 17.0 Å². The fraction of sp³-hybridized carbons (Fsp3) is 0.722. The number of fused-ring (bicyclic) bond motifs is 1. The second kappa shape index (κ2) is 6.22. The summed E-state index contributed by atoms with van der Waals surface area (Å²) >= 11 is 0. The maximum absolute atomic E-state index is 12.7. The maximum Gasteiger partial charge on any atom is 0.307 e. The first-order valence-electron chi connectivity index (χ1n) is 9.22. The van der Waals surface area contributed by atoms with Crippen LogP contribution in [0, 0.1) is 5.92 Å². The molecule has 4 rings (SSSR count). The van der Waals surface area contributed by atoms with Crippen molar-refractivity contribution in [1.82, 2.24) is 15.5 Å². The number of aromatic amines is 1. The van der Waals surface area contributed by atoms with Crippen LogP contribution in [-0.2, 0) is 33.7 Å². The number of aromatic nitrogens is 2. The van der Waals surface area contributed by atoms with Gasteiger partial charge in [0.2, 0.25) is 5.91 Å². The van der Waals surface area contributed by atoms with Crippen LogP contribution in [0.25, 0.3) is 0 Å². The van der Waals surface area contributed by atoms with Gasteiger partial charge in [-0.05, 0) is 56.9 Å². The van der Waals surface area contributed by atoms with Crippen molar-refractivity contribution in [1.29, 1.82) is 0 Å². The lowest BCUT2D eigenvalue weighted by atomic mass is 9.85. The fourth-order valence-corrected chi connectivity index (χ4v) is 4.61. The number of H-pyrrole nitrogens is 1. The van der Waals surface area contributed by atoms with Gasteiger partial charge in [-0.3, -0.25) is 14.7 Å². The molecule has 1 saturated carbocycles. The van der Waals surface area contributed by atoms with Crippen LogP contribution in [-0.4, -0.2) is 27.7 Å². The molecule has 1 spiro atoms. The molecule has 130 valence electrons. The fourth-order valence-electron chi connectivity index (χ4n) is 4.61. The Balaban J connectivity index is 1.43. The molecule has 0 unspecified atom stereocenters. The van der Waals surface area contributed by atoms with Crippen molar-refractivity contribution in [3.63, 3.8) is 0 Å². The molecule has 6 heteroatoms. The summed E-state index contributed by atoms with van der Waals surface area (Å²) in [5, 5.41) is 10.6. The number of carbonyl (C=O) groups is 2. The van der Waals surface area contributed by atoms with Crippen LogP contribution in [0.2, 0.25) is 0 Å². The Kier molecular flexibility index (Phi) is 4.06. The summed E-state index contributed by atoms with van der Waals surface area (Å²) in [6.45, 7) is 0.436. The number of nitrogens with one attached hydrogen (secondary N) is 2. The highest BCUT2D eigenvalue weighted by atomic mass is 16.6. The molecule has 1 amide bonds. The molecule has 0 bridgehead atoms. The van der Waals surface area contributed by atoms with Crippen LogP contribution in [0.15, 0.2) is 0 Å². The summed E-state index contributed by atoms with van der Waals surface area (Å²) in [6, 6.07) is 0. The van der Waals surface area contributed by atoms with Gasteiger partial charge in [-0.25, -0.2) is 0 Å². The zero-order valence-electron chi connectivity index (χ0n) is 14.0. The van der Waals surface area contributed by atoms with Gasteiger partial charge in [-0.2, -0.15) is 5.10 Å². The number of hydrogen-bond acceptors (Lipinski definition) is 4. The lowest BCUT2D eigenvalue weighted by Gasteiger charge is -2.27. The third-order valence-electron chi connectivity index (χ3n) is 5.91. The van der Waals surface area contributed by atoms with Crippen molar-refractivity contribution < 1.29 is 14.3 Å². The third-order valence-corrected chi connectivity index (χ3v) is 5.91. The zero-order chi connectivity index (χ0) is 16.6. The van der Waals surface area contributed by atoms with Gasteiger partial charge in [-0.1, -0.05) is 6.42 Å². The van der Waals surface area contributed by atoms with Gasteiger partial charge in [0, 0.05) is 5.69 Å². The smallest absolute Gasteiger partial charge is 0.307 e. The van der Waals surface area contributed by atoms with Crippen LogP contribution in [0.3, 0.4) is 0 Å². The highest BCUT2D eigenvalue weighted by Crippen LogP contribution is 2.45. The van der Waals surface area contributed by atoms with Crippen LogP contribution in [0.4, 0.5) is 0 Å². The summed E-state index contributed by atoms with van der Waals surface area (Å²) < 4.78 is 5.57. The molecule has 0 aromatic carbocycles. The molecule has 1 saturated heterocycles. The molecule has 2 fully saturated rings. The molecule has 1 aromatic heterocycles. The van der Waals surface area contributed by atoms with E-state index in [4.69, 9.17) is 4.74 Å². The molecular weight excluding hydrogens is 306 g/mol. The summed E-state index contributed by atoms with van der Waals surface area (Å²) in [4.78, 5) is 24.5. The number of amides is 1. The first-order chi connectivity index (χ1) is 11.7. The van der Waals surface area contributed by atoms with E-state index in [1.807, 2.05) is 0 Å². The maximum atomic E-state index is 12.7. The lowest BCUT2D eigenvalue weighted by molar-refractivity contribution is -0.149. The van der Waals surface area contributed by atoms with E-state index in [0.29, 0.717) is 6.54 Å². The molecule has 6 nitrogen and oxygen atoms in total. The Morgan fingerprint density at radius 3 is 2.83 bits per heavy atom. The first kappa shape index (κ1) is 15.7. The zero-order valence-corrected chi connectivity index (χ0v) is 14.0. The van der Waals surface area contributed by atoms with Gasteiger partial charge in [0.25, 0.3) is 0 Å². The van der Waals surface area contributed by atoms with Crippen molar-refractivity contribution in [2.45, 2.75) is 76.4 Å². The number of ether oxygens (including phenoxy) is 1. The van der Waals surface area contributed by atoms with E-state index in [9.17, 15) is 9.59 Å². The van der Waals surface area contributed by atoms with E-state index in [2.05, 4.69) is 15.5 Å². The standard InChI is InChI=1S/C18H25N3O3/c22-16-10-13(18(24-16)8-4-5-9-18)17(23)19-11-15-12-6-2-1-3-7-14(12)20-21-15/h13H,1-11H2,(H,19,23)(H,20,21)/t13-/m1/s1. The van der Waals surface area contributed by atoms with Crippen LogP contribution < -0.4 is 5.32 Å². The van der Waals surface area contributed by atoms with Gasteiger partial charge < -0.3 is 10.1 Å². The SMILES string of the molecule is O=C1C[C@H](C(=O)NCc2n[nH]c3c2CCCCC3)C2(CCCC2)O1.